The van der Waals surface area contributed by atoms with Gasteiger partial charge < -0.3 is 10.0 Å². The number of imidazole rings is 1. The molecule has 1 fully saturated rings. The minimum atomic E-state index is 0.206. The fraction of sp³-hybridized carbons (Fsp3) is 0.261. The van der Waals surface area contributed by atoms with Crippen molar-refractivity contribution in [3.63, 3.8) is 0 Å². The molecule has 6 heteroatoms. The van der Waals surface area contributed by atoms with Crippen LogP contribution in [0.5, 0.6) is 5.75 Å². The van der Waals surface area contributed by atoms with Crippen molar-refractivity contribution in [2.45, 2.75) is 26.2 Å². The minimum absolute atomic E-state index is 0.206. The molecule has 0 radical (unpaired) electrons. The topological polar surface area (TPSA) is 67.1 Å². The summed E-state index contributed by atoms with van der Waals surface area (Å²) in [5.41, 5.74) is 4.62. The number of phenolic OH excluding ortho intramolecular Hbond substituents is 1. The first-order valence-electron chi connectivity index (χ1n) is 10.1. The first kappa shape index (κ1) is 17.7. The number of aryl methyl sites for hydroxylation is 1. The van der Waals surface area contributed by atoms with Crippen molar-refractivity contribution in [1.82, 2.24) is 19.5 Å². The molecule has 0 amide bonds. The zero-order valence-corrected chi connectivity index (χ0v) is 16.4. The second-order valence-electron chi connectivity index (χ2n) is 7.59. The maximum absolute atomic E-state index is 9.94. The maximum Gasteiger partial charge on any atom is 0.170 e. The predicted molar refractivity (Wildman–Crippen MR) is 115 cm³/mol. The predicted octanol–water partition coefficient (Wildman–Crippen LogP) is 4.49. The van der Waals surface area contributed by atoms with Crippen molar-refractivity contribution in [2.24, 2.45) is 0 Å². The Balaban J connectivity index is 1.72. The first-order chi connectivity index (χ1) is 14.2. The highest BCUT2D eigenvalue weighted by molar-refractivity contribution is 5.87. The zero-order chi connectivity index (χ0) is 19.8. The van der Waals surface area contributed by atoms with Crippen LogP contribution in [0.3, 0.4) is 0 Å². The second kappa shape index (κ2) is 7.20. The van der Waals surface area contributed by atoms with Crippen molar-refractivity contribution < 1.29 is 5.11 Å². The summed E-state index contributed by atoms with van der Waals surface area (Å²) in [4.78, 5) is 16.7. The number of piperidine rings is 1. The fourth-order valence-electron chi connectivity index (χ4n) is 3.88. The SMILES string of the molecule is Cc1ccc(-n2cnc3c(N4CCCCC4)nc(-c4cccc(O)c4)nc32)cc1. The highest BCUT2D eigenvalue weighted by Crippen LogP contribution is 2.30. The van der Waals surface area contributed by atoms with E-state index in [0.29, 0.717) is 5.82 Å². The van der Waals surface area contributed by atoms with Gasteiger partial charge in [-0.2, -0.15) is 0 Å². The molecule has 6 nitrogen and oxygen atoms in total. The molecule has 0 saturated carbocycles. The molecule has 5 rings (SSSR count). The molecular weight excluding hydrogens is 362 g/mol. The molecule has 0 aliphatic carbocycles. The van der Waals surface area contributed by atoms with Gasteiger partial charge in [-0.15, -0.1) is 0 Å². The molecule has 1 aliphatic rings. The monoisotopic (exact) mass is 385 g/mol. The molecule has 0 bridgehead atoms. The number of aromatic hydroxyl groups is 1. The van der Waals surface area contributed by atoms with E-state index in [-0.39, 0.29) is 5.75 Å². The Morgan fingerprint density at radius 2 is 1.72 bits per heavy atom. The summed E-state index contributed by atoms with van der Waals surface area (Å²) in [5, 5.41) is 9.94. The Kier molecular flexibility index (Phi) is 4.39. The lowest BCUT2D eigenvalue weighted by Crippen LogP contribution is -2.30. The number of aromatic nitrogens is 4. The summed E-state index contributed by atoms with van der Waals surface area (Å²) >= 11 is 0. The summed E-state index contributed by atoms with van der Waals surface area (Å²) in [7, 11) is 0. The molecule has 2 aromatic carbocycles. The third kappa shape index (κ3) is 3.31. The molecule has 29 heavy (non-hydrogen) atoms. The maximum atomic E-state index is 9.94. The largest absolute Gasteiger partial charge is 0.508 e. The van der Waals surface area contributed by atoms with Gasteiger partial charge in [0.15, 0.2) is 22.8 Å². The number of hydrogen-bond acceptors (Lipinski definition) is 5. The van der Waals surface area contributed by atoms with Gasteiger partial charge in [-0.3, -0.25) is 4.57 Å². The van der Waals surface area contributed by atoms with E-state index in [2.05, 4.69) is 36.1 Å². The van der Waals surface area contributed by atoms with Gasteiger partial charge in [-0.25, -0.2) is 15.0 Å². The normalized spacial score (nSPS) is 14.4. The van der Waals surface area contributed by atoms with Crippen LogP contribution in [0, 0.1) is 6.92 Å². The van der Waals surface area contributed by atoms with Crippen LogP contribution in [0.4, 0.5) is 5.82 Å². The van der Waals surface area contributed by atoms with Gasteiger partial charge in [0.25, 0.3) is 0 Å². The van der Waals surface area contributed by atoms with Crippen LogP contribution in [0.2, 0.25) is 0 Å². The van der Waals surface area contributed by atoms with Gasteiger partial charge in [0, 0.05) is 24.3 Å². The highest BCUT2D eigenvalue weighted by Gasteiger charge is 2.21. The Bertz CT molecular complexity index is 1160. The molecule has 3 heterocycles. The lowest BCUT2D eigenvalue weighted by molar-refractivity contribution is 0.475. The van der Waals surface area contributed by atoms with E-state index < -0.39 is 0 Å². The van der Waals surface area contributed by atoms with Gasteiger partial charge in [0.2, 0.25) is 0 Å². The van der Waals surface area contributed by atoms with Gasteiger partial charge in [-0.05, 0) is 50.5 Å². The molecule has 1 saturated heterocycles. The average molecular weight is 385 g/mol. The lowest BCUT2D eigenvalue weighted by Gasteiger charge is -2.28. The van der Waals surface area contributed by atoms with Crippen molar-refractivity contribution in [2.75, 3.05) is 18.0 Å². The quantitative estimate of drug-likeness (QED) is 0.563. The van der Waals surface area contributed by atoms with Crippen LogP contribution in [-0.4, -0.2) is 37.7 Å². The highest BCUT2D eigenvalue weighted by atomic mass is 16.3. The first-order valence-corrected chi connectivity index (χ1v) is 10.1. The van der Waals surface area contributed by atoms with Gasteiger partial charge in [-0.1, -0.05) is 29.8 Å². The zero-order valence-electron chi connectivity index (χ0n) is 16.4. The molecule has 0 unspecified atom stereocenters. The third-order valence-electron chi connectivity index (χ3n) is 5.45. The van der Waals surface area contributed by atoms with E-state index in [0.717, 1.165) is 54.2 Å². The van der Waals surface area contributed by atoms with Crippen molar-refractivity contribution in [3.8, 4) is 22.8 Å². The van der Waals surface area contributed by atoms with E-state index in [1.165, 1.54) is 12.0 Å². The summed E-state index contributed by atoms with van der Waals surface area (Å²) < 4.78 is 2.01. The molecule has 1 N–H and O–H groups in total. The van der Waals surface area contributed by atoms with E-state index in [1.807, 2.05) is 23.0 Å². The van der Waals surface area contributed by atoms with E-state index >= 15 is 0 Å². The van der Waals surface area contributed by atoms with Gasteiger partial charge in [0.05, 0.1) is 0 Å². The molecule has 146 valence electrons. The van der Waals surface area contributed by atoms with Crippen molar-refractivity contribution in [3.05, 3.63) is 60.4 Å². The number of hydrogen-bond donors (Lipinski definition) is 1. The number of anilines is 1. The van der Waals surface area contributed by atoms with Crippen LogP contribution in [-0.2, 0) is 0 Å². The Hall–Kier alpha value is -3.41. The van der Waals surface area contributed by atoms with Crippen molar-refractivity contribution in [1.29, 1.82) is 0 Å². The molecular formula is C23H23N5O. The summed E-state index contributed by atoms with van der Waals surface area (Å²) in [6.45, 7) is 4.03. The molecule has 0 spiro atoms. The summed E-state index contributed by atoms with van der Waals surface area (Å²) in [6, 6.07) is 15.4. The van der Waals surface area contributed by atoms with E-state index in [1.54, 1.807) is 12.1 Å². The number of rotatable bonds is 3. The van der Waals surface area contributed by atoms with Crippen LogP contribution in [0.15, 0.2) is 54.9 Å². The Labute approximate surface area is 169 Å². The Morgan fingerprint density at radius 1 is 0.931 bits per heavy atom. The number of phenols is 1. The fourth-order valence-corrected chi connectivity index (χ4v) is 3.88. The van der Waals surface area contributed by atoms with Gasteiger partial charge >= 0.3 is 0 Å². The van der Waals surface area contributed by atoms with Crippen LogP contribution < -0.4 is 4.90 Å². The minimum Gasteiger partial charge on any atom is -0.508 e. The number of benzene rings is 2. The molecule has 4 aromatic rings. The standard InChI is InChI=1S/C23H23N5O/c1-16-8-10-18(11-9-16)28-15-24-20-22(27-12-3-2-4-13-27)25-21(26-23(20)28)17-6-5-7-19(29)14-17/h5-11,14-15,29H,2-4,12-13H2,1H3. The third-order valence-corrected chi connectivity index (χ3v) is 5.45. The molecule has 0 atom stereocenters. The average Bonchev–Trinajstić information content (AvgIpc) is 3.18. The molecule has 2 aromatic heterocycles. The summed E-state index contributed by atoms with van der Waals surface area (Å²) in [5.74, 6) is 1.68. The summed E-state index contributed by atoms with van der Waals surface area (Å²) in [6.07, 6.45) is 5.39. The second-order valence-corrected chi connectivity index (χ2v) is 7.59. The van der Waals surface area contributed by atoms with Crippen LogP contribution in [0.1, 0.15) is 24.8 Å². The number of fused-ring (bicyclic) bond motifs is 1. The van der Waals surface area contributed by atoms with E-state index in [4.69, 9.17) is 15.0 Å². The van der Waals surface area contributed by atoms with E-state index in [9.17, 15) is 5.11 Å². The van der Waals surface area contributed by atoms with Crippen LogP contribution in [0.25, 0.3) is 28.2 Å². The van der Waals surface area contributed by atoms with Crippen LogP contribution >= 0.6 is 0 Å². The smallest absolute Gasteiger partial charge is 0.170 e. The number of nitrogens with zero attached hydrogens (tertiary/aromatic N) is 5. The molecule has 1 aliphatic heterocycles. The lowest BCUT2D eigenvalue weighted by atomic mass is 10.1. The van der Waals surface area contributed by atoms with Gasteiger partial charge in [0.1, 0.15) is 12.1 Å². The van der Waals surface area contributed by atoms with Crippen molar-refractivity contribution >= 4 is 17.0 Å². The Morgan fingerprint density at radius 3 is 2.48 bits per heavy atom.